The van der Waals surface area contributed by atoms with Gasteiger partial charge in [-0.25, -0.2) is 0 Å². The molecule has 2 aromatic heterocycles. The van der Waals surface area contributed by atoms with Gasteiger partial charge in [0.2, 0.25) is 0 Å². The average molecular weight is 328 g/mol. The van der Waals surface area contributed by atoms with Gasteiger partial charge in [-0.15, -0.1) is 11.3 Å². The van der Waals surface area contributed by atoms with Crippen LogP contribution in [0.5, 0.6) is 0 Å². The fourth-order valence-electron chi connectivity index (χ4n) is 2.62. The molecule has 2 aromatic carbocycles. The molecule has 0 unspecified atom stereocenters. The van der Waals surface area contributed by atoms with Gasteiger partial charge in [0.05, 0.1) is 21.2 Å². The molecule has 0 atom stereocenters. The van der Waals surface area contributed by atoms with Crippen LogP contribution in [0.4, 0.5) is 0 Å². The third-order valence-corrected chi connectivity index (χ3v) is 5.09. The summed E-state index contributed by atoms with van der Waals surface area (Å²) < 4.78 is 3.47. The molecule has 0 aliphatic carbocycles. The van der Waals surface area contributed by atoms with Crippen LogP contribution in [0.1, 0.15) is 0 Å². The van der Waals surface area contributed by atoms with E-state index in [1.54, 1.807) is 11.3 Å². The van der Waals surface area contributed by atoms with Crippen LogP contribution in [0.25, 0.3) is 27.5 Å². The Kier molecular flexibility index (Phi) is 2.50. The highest BCUT2D eigenvalue weighted by atomic mass is 79.9. The van der Waals surface area contributed by atoms with E-state index in [9.17, 15) is 0 Å². The lowest BCUT2D eigenvalue weighted by atomic mass is 10.2. The molecule has 4 aromatic rings. The van der Waals surface area contributed by atoms with Crippen LogP contribution in [0.15, 0.2) is 63.8 Å². The number of aromatic nitrogens is 1. The van der Waals surface area contributed by atoms with Crippen LogP contribution < -0.4 is 0 Å². The standard InChI is InChI=1S/C16H10BrNS/c17-13-9-19-10-16(13)18-14-7-3-1-5-11(14)12-6-2-4-8-15(12)18/h1-10H. The molecular weight excluding hydrogens is 318 g/mol. The Balaban J connectivity index is 2.27. The van der Waals surface area contributed by atoms with Gasteiger partial charge in [-0.3, -0.25) is 0 Å². The number of benzene rings is 2. The second kappa shape index (κ2) is 4.22. The summed E-state index contributed by atoms with van der Waals surface area (Å²) in [5.74, 6) is 0. The molecule has 0 saturated heterocycles. The normalized spacial score (nSPS) is 11.4. The van der Waals surface area contributed by atoms with E-state index in [2.05, 4.69) is 79.8 Å². The molecule has 0 amide bonds. The van der Waals surface area contributed by atoms with Crippen LogP contribution in [-0.4, -0.2) is 4.57 Å². The first-order valence-corrected chi connectivity index (χ1v) is 7.80. The lowest BCUT2D eigenvalue weighted by molar-refractivity contribution is 1.18. The molecule has 3 heteroatoms. The van der Waals surface area contributed by atoms with E-state index in [1.807, 2.05) is 0 Å². The predicted octanol–water partition coefficient (Wildman–Crippen LogP) is 5.61. The summed E-state index contributed by atoms with van der Waals surface area (Å²) in [5, 5.41) is 6.91. The zero-order valence-corrected chi connectivity index (χ0v) is 12.4. The molecule has 0 aliphatic heterocycles. The molecule has 92 valence electrons. The van der Waals surface area contributed by atoms with Crippen molar-refractivity contribution < 1.29 is 0 Å². The van der Waals surface area contributed by atoms with Gasteiger partial charge < -0.3 is 4.57 Å². The third-order valence-electron chi connectivity index (χ3n) is 3.42. The highest BCUT2D eigenvalue weighted by molar-refractivity contribution is 9.10. The van der Waals surface area contributed by atoms with E-state index < -0.39 is 0 Å². The Labute approximate surface area is 123 Å². The SMILES string of the molecule is Brc1cscc1-n1c2ccccc2c2ccccc21. The lowest BCUT2D eigenvalue weighted by Crippen LogP contribution is -1.91. The quantitative estimate of drug-likeness (QED) is 0.428. The van der Waals surface area contributed by atoms with Crippen molar-refractivity contribution >= 4 is 49.1 Å². The average Bonchev–Trinajstić information content (AvgIpc) is 3.00. The molecule has 0 spiro atoms. The first-order valence-electron chi connectivity index (χ1n) is 6.06. The molecule has 0 saturated carbocycles. The van der Waals surface area contributed by atoms with Crippen LogP contribution >= 0.6 is 27.3 Å². The summed E-state index contributed by atoms with van der Waals surface area (Å²) in [7, 11) is 0. The van der Waals surface area contributed by atoms with Gasteiger partial charge in [-0.1, -0.05) is 36.4 Å². The fraction of sp³-hybridized carbons (Fsp3) is 0. The molecule has 0 bridgehead atoms. The second-order valence-electron chi connectivity index (χ2n) is 4.47. The number of hydrogen-bond donors (Lipinski definition) is 0. The minimum atomic E-state index is 1.14. The molecule has 0 fully saturated rings. The fourth-order valence-corrected chi connectivity index (χ4v) is 4.05. The first kappa shape index (κ1) is 11.3. The molecule has 0 radical (unpaired) electrons. The molecule has 0 N–H and O–H groups in total. The van der Waals surface area contributed by atoms with Crippen LogP contribution in [0, 0.1) is 0 Å². The van der Waals surface area contributed by atoms with Crippen molar-refractivity contribution in [2.45, 2.75) is 0 Å². The van der Waals surface area contributed by atoms with Gasteiger partial charge in [0.15, 0.2) is 0 Å². The molecule has 1 nitrogen and oxygen atoms in total. The van der Waals surface area contributed by atoms with Gasteiger partial charge in [0, 0.05) is 21.5 Å². The molecule has 19 heavy (non-hydrogen) atoms. The van der Waals surface area contributed by atoms with Gasteiger partial charge >= 0.3 is 0 Å². The highest BCUT2D eigenvalue weighted by Crippen LogP contribution is 2.35. The zero-order chi connectivity index (χ0) is 12.8. The van der Waals surface area contributed by atoms with Crippen molar-refractivity contribution in [3.63, 3.8) is 0 Å². The van der Waals surface area contributed by atoms with Crippen molar-refractivity contribution in [1.29, 1.82) is 0 Å². The molecule has 2 heterocycles. The van der Waals surface area contributed by atoms with E-state index in [0.29, 0.717) is 0 Å². The third kappa shape index (κ3) is 1.58. The Morgan fingerprint density at radius 2 is 1.37 bits per heavy atom. The lowest BCUT2D eigenvalue weighted by Gasteiger charge is -2.05. The Morgan fingerprint density at radius 1 is 0.789 bits per heavy atom. The predicted molar refractivity (Wildman–Crippen MR) is 86.4 cm³/mol. The number of para-hydroxylation sites is 2. The summed E-state index contributed by atoms with van der Waals surface area (Å²) in [6, 6.07) is 17.1. The van der Waals surface area contributed by atoms with E-state index in [1.165, 1.54) is 27.5 Å². The molecular formula is C16H10BrNS. The van der Waals surface area contributed by atoms with Crippen molar-refractivity contribution in [3.8, 4) is 5.69 Å². The number of fused-ring (bicyclic) bond motifs is 3. The van der Waals surface area contributed by atoms with Gasteiger partial charge in [-0.2, -0.15) is 0 Å². The summed E-state index contributed by atoms with van der Waals surface area (Å²) in [4.78, 5) is 0. The van der Waals surface area contributed by atoms with Crippen molar-refractivity contribution in [3.05, 3.63) is 63.8 Å². The van der Waals surface area contributed by atoms with E-state index in [4.69, 9.17) is 0 Å². The maximum absolute atomic E-state index is 3.65. The number of thiophene rings is 1. The number of hydrogen-bond acceptors (Lipinski definition) is 1. The summed E-state index contributed by atoms with van der Waals surface area (Å²) in [6.07, 6.45) is 0. The topological polar surface area (TPSA) is 4.93 Å². The zero-order valence-electron chi connectivity index (χ0n) is 10.0. The van der Waals surface area contributed by atoms with Gasteiger partial charge in [0.25, 0.3) is 0 Å². The van der Waals surface area contributed by atoms with Crippen LogP contribution in [0.3, 0.4) is 0 Å². The minimum Gasteiger partial charge on any atom is -0.307 e. The minimum absolute atomic E-state index is 1.14. The first-order chi connectivity index (χ1) is 9.36. The van der Waals surface area contributed by atoms with Gasteiger partial charge in [-0.05, 0) is 28.1 Å². The second-order valence-corrected chi connectivity index (χ2v) is 6.07. The number of rotatable bonds is 1. The Bertz CT molecular complexity index is 835. The van der Waals surface area contributed by atoms with E-state index in [0.717, 1.165) is 4.47 Å². The monoisotopic (exact) mass is 327 g/mol. The number of nitrogens with zero attached hydrogens (tertiary/aromatic N) is 1. The number of halogens is 1. The van der Waals surface area contributed by atoms with Gasteiger partial charge in [0.1, 0.15) is 0 Å². The van der Waals surface area contributed by atoms with Crippen molar-refractivity contribution in [2.75, 3.05) is 0 Å². The summed E-state index contributed by atoms with van der Waals surface area (Å²) in [6.45, 7) is 0. The maximum Gasteiger partial charge on any atom is 0.0711 e. The largest absolute Gasteiger partial charge is 0.307 e. The van der Waals surface area contributed by atoms with Crippen molar-refractivity contribution in [1.82, 2.24) is 4.57 Å². The summed E-state index contributed by atoms with van der Waals surface area (Å²) >= 11 is 5.36. The van der Waals surface area contributed by atoms with Crippen molar-refractivity contribution in [2.24, 2.45) is 0 Å². The van der Waals surface area contributed by atoms with E-state index >= 15 is 0 Å². The maximum atomic E-state index is 3.65. The Morgan fingerprint density at radius 3 is 1.89 bits per heavy atom. The van der Waals surface area contributed by atoms with E-state index in [-0.39, 0.29) is 0 Å². The van der Waals surface area contributed by atoms with Crippen LogP contribution in [-0.2, 0) is 0 Å². The molecule has 0 aliphatic rings. The van der Waals surface area contributed by atoms with Crippen LogP contribution in [0.2, 0.25) is 0 Å². The molecule has 4 rings (SSSR count). The highest BCUT2D eigenvalue weighted by Gasteiger charge is 2.13. The smallest absolute Gasteiger partial charge is 0.0711 e. The Hall–Kier alpha value is -1.58. The summed E-state index contributed by atoms with van der Waals surface area (Å²) in [5.41, 5.74) is 3.72.